The summed E-state index contributed by atoms with van der Waals surface area (Å²) in [6.45, 7) is 2.27. The van der Waals surface area contributed by atoms with Gasteiger partial charge in [0.2, 0.25) is 0 Å². The molecule has 0 aliphatic rings. The predicted molar refractivity (Wildman–Crippen MR) is 79.4 cm³/mol. The molecular weight excluding hydrogens is 270 g/mol. The number of nitrogens with zero attached hydrogens (tertiary/aromatic N) is 2. The molecule has 2 heterocycles. The number of hydrogen-bond acceptors (Lipinski definition) is 5. The highest BCUT2D eigenvalue weighted by atomic mass is 16.4. The molecule has 6 heteroatoms. The quantitative estimate of drug-likeness (QED) is 0.749. The number of nitrogens with one attached hydrogen (secondary N) is 1. The van der Waals surface area contributed by atoms with Gasteiger partial charge < -0.3 is 14.8 Å². The van der Waals surface area contributed by atoms with E-state index in [-0.39, 0.29) is 6.42 Å². The van der Waals surface area contributed by atoms with Crippen molar-refractivity contribution in [2.45, 2.75) is 19.8 Å². The number of carbonyl (C=O) groups is 1. The number of fused-ring (bicyclic) bond motifs is 3. The van der Waals surface area contributed by atoms with Crippen molar-refractivity contribution in [2.75, 3.05) is 11.9 Å². The highest BCUT2D eigenvalue weighted by Gasteiger charge is 2.15. The van der Waals surface area contributed by atoms with E-state index in [1.54, 1.807) is 0 Å². The van der Waals surface area contributed by atoms with Crippen LogP contribution in [0.15, 0.2) is 28.7 Å². The fourth-order valence-electron chi connectivity index (χ4n) is 2.20. The first-order chi connectivity index (χ1) is 10.2. The smallest absolute Gasteiger partial charge is 0.305 e. The number of furan rings is 1. The van der Waals surface area contributed by atoms with Crippen LogP contribution in [0.3, 0.4) is 0 Å². The summed E-state index contributed by atoms with van der Waals surface area (Å²) in [5.74, 6) is 0.397. The predicted octanol–water partition coefficient (Wildman–Crippen LogP) is 2.83. The lowest BCUT2D eigenvalue weighted by atomic mass is 10.2. The Morgan fingerprint density at radius 3 is 2.90 bits per heavy atom. The molecule has 0 amide bonds. The number of carboxylic acids is 1. The van der Waals surface area contributed by atoms with Crippen molar-refractivity contribution in [3.63, 3.8) is 0 Å². The lowest BCUT2D eigenvalue weighted by molar-refractivity contribution is -0.136. The van der Waals surface area contributed by atoms with Crippen LogP contribution < -0.4 is 5.32 Å². The van der Waals surface area contributed by atoms with E-state index in [0.29, 0.717) is 30.2 Å². The maximum atomic E-state index is 10.6. The second-order valence-electron chi connectivity index (χ2n) is 4.69. The molecular formula is C15H15N3O3. The van der Waals surface area contributed by atoms with Crippen LogP contribution in [0.1, 0.15) is 19.2 Å². The Morgan fingerprint density at radius 2 is 2.14 bits per heavy atom. The first kappa shape index (κ1) is 13.4. The van der Waals surface area contributed by atoms with E-state index in [1.807, 2.05) is 31.2 Å². The van der Waals surface area contributed by atoms with Gasteiger partial charge in [-0.1, -0.05) is 19.1 Å². The molecule has 0 aliphatic heterocycles. The van der Waals surface area contributed by atoms with Crippen LogP contribution in [0, 0.1) is 0 Å². The van der Waals surface area contributed by atoms with Crippen molar-refractivity contribution in [3.8, 4) is 0 Å². The number of hydrogen-bond donors (Lipinski definition) is 2. The molecule has 0 spiro atoms. The van der Waals surface area contributed by atoms with Crippen LogP contribution in [-0.4, -0.2) is 27.6 Å². The molecule has 0 unspecified atom stereocenters. The monoisotopic (exact) mass is 285 g/mol. The Bertz CT molecular complexity index is 810. The molecule has 1 aromatic carbocycles. The molecule has 0 saturated carbocycles. The van der Waals surface area contributed by atoms with Crippen molar-refractivity contribution in [1.29, 1.82) is 0 Å². The summed E-state index contributed by atoms with van der Waals surface area (Å²) in [6.07, 6.45) is 0.718. The Hall–Kier alpha value is -2.63. The average molecular weight is 285 g/mol. The van der Waals surface area contributed by atoms with Gasteiger partial charge in [0.15, 0.2) is 11.4 Å². The molecule has 0 radical (unpaired) electrons. The molecule has 21 heavy (non-hydrogen) atoms. The molecule has 3 aromatic rings. The zero-order valence-corrected chi connectivity index (χ0v) is 11.6. The fraction of sp³-hybridized carbons (Fsp3) is 0.267. The van der Waals surface area contributed by atoms with E-state index in [9.17, 15) is 4.79 Å². The van der Waals surface area contributed by atoms with Crippen LogP contribution in [0.2, 0.25) is 0 Å². The second kappa shape index (κ2) is 5.40. The number of aryl methyl sites for hydroxylation is 1. The number of aliphatic carboxylic acids is 1. The number of para-hydroxylation sites is 1. The van der Waals surface area contributed by atoms with Crippen molar-refractivity contribution >= 4 is 33.9 Å². The third kappa shape index (κ3) is 2.52. The summed E-state index contributed by atoms with van der Waals surface area (Å²) in [7, 11) is 0. The van der Waals surface area contributed by atoms with Crippen LogP contribution in [0.25, 0.3) is 22.1 Å². The summed E-state index contributed by atoms with van der Waals surface area (Å²) >= 11 is 0. The average Bonchev–Trinajstić information content (AvgIpc) is 2.85. The normalized spacial score (nSPS) is 11.1. The third-order valence-corrected chi connectivity index (χ3v) is 3.21. The topological polar surface area (TPSA) is 88.2 Å². The van der Waals surface area contributed by atoms with Crippen molar-refractivity contribution in [3.05, 3.63) is 30.1 Å². The van der Waals surface area contributed by atoms with Gasteiger partial charge in [-0.25, -0.2) is 9.97 Å². The van der Waals surface area contributed by atoms with E-state index in [4.69, 9.17) is 9.52 Å². The minimum Gasteiger partial charge on any atom is -0.481 e. The standard InChI is InChI=1S/C15H15N3O3/c1-2-11-17-13-9-5-3-4-6-10(9)21-14(13)15(18-11)16-8-7-12(19)20/h3-6H,2,7-8H2,1H3,(H,19,20)(H,16,17,18). The summed E-state index contributed by atoms with van der Waals surface area (Å²) in [5, 5.41) is 12.7. The van der Waals surface area contributed by atoms with Crippen LogP contribution in [-0.2, 0) is 11.2 Å². The summed E-state index contributed by atoms with van der Waals surface area (Å²) in [6, 6.07) is 7.66. The SMILES string of the molecule is CCc1nc(NCCC(=O)O)c2oc3ccccc3c2n1. The van der Waals surface area contributed by atoms with Gasteiger partial charge in [-0.15, -0.1) is 0 Å². The molecule has 0 saturated heterocycles. The van der Waals surface area contributed by atoms with Crippen LogP contribution in [0.4, 0.5) is 5.82 Å². The minimum atomic E-state index is -0.854. The zero-order valence-electron chi connectivity index (χ0n) is 11.6. The van der Waals surface area contributed by atoms with Crippen molar-refractivity contribution < 1.29 is 14.3 Å². The number of carboxylic acid groups (broad SMARTS) is 1. The van der Waals surface area contributed by atoms with Gasteiger partial charge >= 0.3 is 5.97 Å². The van der Waals surface area contributed by atoms with Crippen molar-refractivity contribution in [2.24, 2.45) is 0 Å². The number of rotatable bonds is 5. The summed E-state index contributed by atoms with van der Waals surface area (Å²) < 4.78 is 5.81. The van der Waals surface area contributed by atoms with Gasteiger partial charge in [-0.05, 0) is 12.1 Å². The maximum Gasteiger partial charge on any atom is 0.305 e. The van der Waals surface area contributed by atoms with E-state index < -0.39 is 5.97 Å². The second-order valence-corrected chi connectivity index (χ2v) is 4.69. The molecule has 2 N–H and O–H groups in total. The highest BCUT2D eigenvalue weighted by molar-refractivity contribution is 6.05. The van der Waals surface area contributed by atoms with E-state index >= 15 is 0 Å². The van der Waals surface area contributed by atoms with Gasteiger partial charge in [0.05, 0.1) is 6.42 Å². The lowest BCUT2D eigenvalue weighted by Crippen LogP contribution is -2.10. The van der Waals surface area contributed by atoms with Crippen LogP contribution in [0.5, 0.6) is 0 Å². The van der Waals surface area contributed by atoms with Gasteiger partial charge in [-0.2, -0.15) is 0 Å². The van der Waals surface area contributed by atoms with E-state index in [0.717, 1.165) is 16.5 Å². The van der Waals surface area contributed by atoms with Gasteiger partial charge in [0.25, 0.3) is 0 Å². The molecule has 3 rings (SSSR count). The van der Waals surface area contributed by atoms with Crippen LogP contribution >= 0.6 is 0 Å². The number of anilines is 1. The summed E-state index contributed by atoms with van der Waals surface area (Å²) in [4.78, 5) is 19.5. The molecule has 0 aliphatic carbocycles. The Kier molecular flexibility index (Phi) is 3.43. The molecule has 0 bridgehead atoms. The molecule has 108 valence electrons. The number of aromatic nitrogens is 2. The lowest BCUT2D eigenvalue weighted by Gasteiger charge is -2.05. The largest absolute Gasteiger partial charge is 0.481 e. The molecule has 0 atom stereocenters. The first-order valence-electron chi connectivity index (χ1n) is 6.83. The molecule has 2 aromatic heterocycles. The number of benzene rings is 1. The van der Waals surface area contributed by atoms with E-state index in [2.05, 4.69) is 15.3 Å². The molecule has 6 nitrogen and oxygen atoms in total. The van der Waals surface area contributed by atoms with Crippen molar-refractivity contribution in [1.82, 2.24) is 9.97 Å². The van der Waals surface area contributed by atoms with Gasteiger partial charge in [0, 0.05) is 18.4 Å². The highest BCUT2D eigenvalue weighted by Crippen LogP contribution is 2.31. The molecule has 0 fully saturated rings. The zero-order chi connectivity index (χ0) is 14.8. The summed E-state index contributed by atoms with van der Waals surface area (Å²) in [5.41, 5.74) is 2.07. The third-order valence-electron chi connectivity index (χ3n) is 3.21. The van der Waals surface area contributed by atoms with Gasteiger partial charge in [-0.3, -0.25) is 4.79 Å². The van der Waals surface area contributed by atoms with Gasteiger partial charge in [0.1, 0.15) is 16.9 Å². The maximum absolute atomic E-state index is 10.6. The fourth-order valence-corrected chi connectivity index (χ4v) is 2.20. The minimum absolute atomic E-state index is 0.0210. The first-order valence-corrected chi connectivity index (χ1v) is 6.83. The Morgan fingerprint density at radius 1 is 1.33 bits per heavy atom. The van der Waals surface area contributed by atoms with E-state index in [1.165, 1.54) is 0 Å². The Balaban J connectivity index is 2.10. The Labute approximate surface area is 120 Å².